The molecular formula is C6H14O4S. The second-order valence-corrected chi connectivity index (χ2v) is 3.81. The predicted octanol–water partition coefficient (Wildman–Crippen LogP) is -0.184. The van der Waals surface area contributed by atoms with Gasteiger partial charge in [-0.25, -0.2) is 0 Å². The van der Waals surface area contributed by atoms with E-state index in [2.05, 4.69) is 0 Å². The number of thioether (sulfide) groups is 1. The molecule has 0 saturated carbocycles. The Balaban J connectivity index is 4.02. The van der Waals surface area contributed by atoms with Crippen LogP contribution in [0.5, 0.6) is 0 Å². The van der Waals surface area contributed by atoms with Gasteiger partial charge < -0.3 is 20.4 Å². The van der Waals surface area contributed by atoms with Gasteiger partial charge in [-0.2, -0.15) is 0 Å². The van der Waals surface area contributed by atoms with Gasteiger partial charge in [0.15, 0.2) is 0 Å². The molecule has 0 radical (unpaired) electrons. The van der Waals surface area contributed by atoms with E-state index in [1.165, 1.54) is 0 Å². The summed E-state index contributed by atoms with van der Waals surface area (Å²) in [4.78, 5) is 0. The smallest absolute Gasteiger partial charge is 0.217 e. The predicted molar refractivity (Wildman–Crippen MR) is 42.5 cm³/mol. The van der Waals surface area contributed by atoms with Crippen LogP contribution in [0.1, 0.15) is 26.7 Å². The first-order chi connectivity index (χ1) is 4.83. The van der Waals surface area contributed by atoms with Crippen LogP contribution in [-0.4, -0.2) is 30.7 Å². The molecule has 68 valence electrons. The molecule has 0 rings (SSSR count). The summed E-state index contributed by atoms with van der Waals surface area (Å²) in [7, 11) is 0. The van der Waals surface area contributed by atoms with E-state index in [4.69, 9.17) is 20.4 Å². The Morgan fingerprint density at radius 2 is 1.18 bits per heavy atom. The van der Waals surface area contributed by atoms with E-state index in [0.717, 1.165) is 0 Å². The second kappa shape index (κ2) is 3.73. The van der Waals surface area contributed by atoms with Crippen LogP contribution in [0, 0.1) is 0 Å². The second-order valence-electron chi connectivity index (χ2n) is 2.30. The Bertz CT molecular complexity index is 110. The van der Waals surface area contributed by atoms with Crippen LogP contribution in [-0.2, 0) is 0 Å². The summed E-state index contributed by atoms with van der Waals surface area (Å²) >= 11 is 0.326. The van der Waals surface area contributed by atoms with E-state index in [-0.39, 0.29) is 12.8 Å². The van der Waals surface area contributed by atoms with Crippen LogP contribution in [0.2, 0.25) is 0 Å². The highest BCUT2D eigenvalue weighted by Gasteiger charge is 2.34. The standard InChI is InChI=1S/C6H14O4S/c1-3-5(7,8)11-6(9,10)4-2/h7-10H,3-4H2,1-2H3. The summed E-state index contributed by atoms with van der Waals surface area (Å²) in [6.45, 7) is 3.08. The zero-order valence-corrected chi connectivity index (χ0v) is 7.43. The molecule has 11 heavy (non-hydrogen) atoms. The fourth-order valence-corrected chi connectivity index (χ4v) is 1.22. The van der Waals surface area contributed by atoms with Crippen LogP contribution in [0.25, 0.3) is 0 Å². The van der Waals surface area contributed by atoms with Gasteiger partial charge in [-0.1, -0.05) is 13.8 Å². The average Bonchev–Trinajstić information content (AvgIpc) is 1.86. The normalized spacial score (nSPS) is 13.6. The summed E-state index contributed by atoms with van der Waals surface area (Å²) in [5.74, 6) is 0. The number of rotatable bonds is 4. The maximum absolute atomic E-state index is 8.99. The third-order valence-electron chi connectivity index (χ3n) is 1.25. The molecule has 0 fully saturated rings. The van der Waals surface area contributed by atoms with Gasteiger partial charge >= 0.3 is 0 Å². The third kappa shape index (κ3) is 4.60. The fraction of sp³-hybridized carbons (Fsp3) is 1.00. The van der Waals surface area contributed by atoms with E-state index in [1.54, 1.807) is 13.8 Å². The van der Waals surface area contributed by atoms with Gasteiger partial charge in [0.25, 0.3) is 0 Å². The fourth-order valence-electron chi connectivity index (χ4n) is 0.406. The molecule has 4 N–H and O–H groups in total. The van der Waals surface area contributed by atoms with Crippen molar-refractivity contribution in [2.75, 3.05) is 0 Å². The molecule has 0 spiro atoms. The molecule has 0 aliphatic heterocycles. The quantitative estimate of drug-likeness (QED) is 0.453. The van der Waals surface area contributed by atoms with Crippen LogP contribution >= 0.6 is 11.8 Å². The van der Waals surface area contributed by atoms with Crippen molar-refractivity contribution >= 4 is 11.8 Å². The van der Waals surface area contributed by atoms with Crippen molar-refractivity contribution in [1.82, 2.24) is 0 Å². The summed E-state index contributed by atoms with van der Waals surface area (Å²) in [5, 5.41) is 31.8. The first kappa shape index (κ1) is 11.2. The first-order valence-electron chi connectivity index (χ1n) is 3.42. The Hall–Kier alpha value is 0.190. The maximum atomic E-state index is 8.99. The van der Waals surface area contributed by atoms with E-state index in [9.17, 15) is 0 Å². The monoisotopic (exact) mass is 182 g/mol. The molecular weight excluding hydrogens is 168 g/mol. The van der Waals surface area contributed by atoms with Gasteiger partial charge in [-0.3, -0.25) is 0 Å². The highest BCUT2D eigenvalue weighted by Crippen LogP contribution is 2.33. The topological polar surface area (TPSA) is 80.9 Å². The van der Waals surface area contributed by atoms with E-state index >= 15 is 0 Å². The summed E-state index contributed by atoms with van der Waals surface area (Å²) in [6, 6.07) is 0. The van der Waals surface area contributed by atoms with Crippen molar-refractivity contribution in [2.45, 2.75) is 36.9 Å². The molecule has 0 atom stereocenters. The molecule has 0 unspecified atom stereocenters. The van der Waals surface area contributed by atoms with Crippen molar-refractivity contribution in [3.63, 3.8) is 0 Å². The highest BCUT2D eigenvalue weighted by molar-refractivity contribution is 8.01. The summed E-state index contributed by atoms with van der Waals surface area (Å²) in [5.41, 5.74) is 0. The number of aliphatic hydroxyl groups is 4. The minimum Gasteiger partial charge on any atom is -0.357 e. The molecule has 5 heteroatoms. The van der Waals surface area contributed by atoms with Crippen molar-refractivity contribution in [3.05, 3.63) is 0 Å². The van der Waals surface area contributed by atoms with Gasteiger partial charge in [-0.05, 0) is 11.8 Å². The van der Waals surface area contributed by atoms with Crippen molar-refractivity contribution in [3.8, 4) is 0 Å². The Morgan fingerprint density at radius 1 is 0.909 bits per heavy atom. The van der Waals surface area contributed by atoms with E-state index in [0.29, 0.717) is 11.8 Å². The minimum atomic E-state index is -2.06. The van der Waals surface area contributed by atoms with Crippen LogP contribution in [0.3, 0.4) is 0 Å². The van der Waals surface area contributed by atoms with Gasteiger partial charge in [0.1, 0.15) is 0 Å². The lowest BCUT2D eigenvalue weighted by Crippen LogP contribution is -2.33. The Morgan fingerprint density at radius 3 is 1.36 bits per heavy atom. The zero-order valence-electron chi connectivity index (χ0n) is 6.61. The largest absolute Gasteiger partial charge is 0.357 e. The maximum Gasteiger partial charge on any atom is 0.217 e. The van der Waals surface area contributed by atoms with Crippen molar-refractivity contribution < 1.29 is 20.4 Å². The Kier molecular flexibility index (Phi) is 3.79. The molecule has 0 bridgehead atoms. The highest BCUT2D eigenvalue weighted by atomic mass is 32.2. The van der Waals surface area contributed by atoms with Gasteiger partial charge in [0.05, 0.1) is 0 Å². The molecule has 0 aliphatic carbocycles. The van der Waals surface area contributed by atoms with Gasteiger partial charge in [0, 0.05) is 12.8 Å². The first-order valence-corrected chi connectivity index (χ1v) is 4.24. The van der Waals surface area contributed by atoms with Crippen LogP contribution in [0.4, 0.5) is 0 Å². The number of hydrogen-bond acceptors (Lipinski definition) is 5. The van der Waals surface area contributed by atoms with Gasteiger partial charge in [-0.15, -0.1) is 0 Å². The Labute approximate surface area is 69.9 Å². The van der Waals surface area contributed by atoms with Crippen molar-refractivity contribution in [1.29, 1.82) is 0 Å². The lowest BCUT2D eigenvalue weighted by molar-refractivity contribution is -0.111. The third-order valence-corrected chi connectivity index (χ3v) is 2.48. The van der Waals surface area contributed by atoms with Crippen molar-refractivity contribution in [2.24, 2.45) is 0 Å². The molecule has 0 saturated heterocycles. The minimum absolute atomic E-state index is 0.0422. The summed E-state index contributed by atoms with van der Waals surface area (Å²) < 4.78 is 0. The molecule has 0 aromatic rings. The lowest BCUT2D eigenvalue weighted by atomic mass is 10.5. The molecule has 0 aromatic carbocycles. The van der Waals surface area contributed by atoms with E-state index in [1.807, 2.05) is 0 Å². The average molecular weight is 182 g/mol. The lowest BCUT2D eigenvalue weighted by Gasteiger charge is -2.27. The van der Waals surface area contributed by atoms with Crippen LogP contribution < -0.4 is 0 Å². The number of hydrogen-bond donors (Lipinski definition) is 4. The van der Waals surface area contributed by atoms with Gasteiger partial charge in [0.2, 0.25) is 10.2 Å². The molecule has 0 amide bonds. The van der Waals surface area contributed by atoms with E-state index < -0.39 is 10.2 Å². The van der Waals surface area contributed by atoms with Crippen LogP contribution in [0.15, 0.2) is 0 Å². The molecule has 4 nitrogen and oxygen atoms in total. The zero-order chi connectivity index (χ0) is 9.12. The molecule has 0 aliphatic rings. The molecule has 0 aromatic heterocycles. The molecule has 0 heterocycles. The summed E-state index contributed by atoms with van der Waals surface area (Å²) in [6.07, 6.45) is 0.0844. The SMILES string of the molecule is CCC(O)(O)SC(O)(O)CC.